The lowest BCUT2D eigenvalue weighted by molar-refractivity contribution is 0.102. The molecule has 0 radical (unpaired) electrons. The molecule has 0 atom stereocenters. The first-order chi connectivity index (χ1) is 16.2. The van der Waals surface area contributed by atoms with Gasteiger partial charge in [0.15, 0.2) is 5.82 Å². The lowest BCUT2D eigenvalue weighted by Gasteiger charge is -2.39. The van der Waals surface area contributed by atoms with Crippen LogP contribution < -0.4 is 0 Å². The minimum absolute atomic E-state index is 0.0667. The van der Waals surface area contributed by atoms with E-state index in [9.17, 15) is 8.78 Å². The van der Waals surface area contributed by atoms with E-state index in [0.717, 1.165) is 48.8 Å². The number of para-hydroxylation sites is 1. The third kappa shape index (κ3) is 4.81. The standard InChI is InChI=1S/C25H24F2N6/c26-21-10-6-19(7-11-21)25(20-8-12-22(27)13-9-20)32-16-14-31(15-17-32)18-24-28-29-30-33(24)23-4-2-1-3-5-23/h1-13,25H,14-18H2. The number of benzene rings is 3. The average Bonchev–Trinajstić information content (AvgIpc) is 3.31. The van der Waals surface area contributed by atoms with Gasteiger partial charge in [0.2, 0.25) is 0 Å². The van der Waals surface area contributed by atoms with Gasteiger partial charge in [0.05, 0.1) is 18.3 Å². The van der Waals surface area contributed by atoms with E-state index in [1.807, 2.05) is 54.6 Å². The van der Waals surface area contributed by atoms with E-state index in [1.165, 1.54) is 24.3 Å². The minimum atomic E-state index is -0.266. The van der Waals surface area contributed by atoms with Crippen LogP contribution in [0.4, 0.5) is 8.78 Å². The first-order valence-electron chi connectivity index (χ1n) is 11.0. The number of piperazine rings is 1. The first-order valence-corrected chi connectivity index (χ1v) is 11.0. The Balaban J connectivity index is 1.31. The van der Waals surface area contributed by atoms with E-state index in [1.54, 1.807) is 4.68 Å². The second kappa shape index (κ2) is 9.56. The fraction of sp³-hybridized carbons (Fsp3) is 0.240. The van der Waals surface area contributed by atoms with Crippen LogP contribution in [0.2, 0.25) is 0 Å². The van der Waals surface area contributed by atoms with Gasteiger partial charge in [-0.05, 0) is 58.0 Å². The Morgan fingerprint density at radius 2 is 1.30 bits per heavy atom. The van der Waals surface area contributed by atoms with E-state index in [4.69, 9.17) is 0 Å². The van der Waals surface area contributed by atoms with Crippen LogP contribution in [0.1, 0.15) is 23.0 Å². The third-order valence-electron chi connectivity index (χ3n) is 6.04. The van der Waals surface area contributed by atoms with Crippen molar-refractivity contribution in [3.8, 4) is 5.69 Å². The molecule has 33 heavy (non-hydrogen) atoms. The SMILES string of the molecule is Fc1ccc(C(c2ccc(F)cc2)N2CCN(Cc3nnnn3-c3ccccc3)CC2)cc1. The molecule has 0 spiro atoms. The topological polar surface area (TPSA) is 50.1 Å². The van der Waals surface area contributed by atoms with Gasteiger partial charge in [-0.15, -0.1) is 5.10 Å². The Morgan fingerprint density at radius 3 is 1.88 bits per heavy atom. The predicted octanol–water partition coefficient (Wildman–Crippen LogP) is 3.85. The zero-order valence-corrected chi connectivity index (χ0v) is 18.1. The lowest BCUT2D eigenvalue weighted by atomic mass is 9.96. The summed E-state index contributed by atoms with van der Waals surface area (Å²) in [5.41, 5.74) is 2.91. The summed E-state index contributed by atoms with van der Waals surface area (Å²) in [5.74, 6) is 0.262. The van der Waals surface area contributed by atoms with Crippen molar-refractivity contribution >= 4 is 0 Å². The smallest absolute Gasteiger partial charge is 0.170 e. The molecule has 0 unspecified atom stereocenters. The van der Waals surface area contributed by atoms with Gasteiger partial charge < -0.3 is 0 Å². The number of tetrazole rings is 1. The van der Waals surface area contributed by atoms with Crippen LogP contribution in [-0.2, 0) is 6.54 Å². The molecule has 6 nitrogen and oxygen atoms in total. The summed E-state index contributed by atoms with van der Waals surface area (Å²) in [5, 5.41) is 12.2. The summed E-state index contributed by atoms with van der Waals surface area (Å²) in [6.45, 7) is 3.94. The maximum absolute atomic E-state index is 13.5. The molecule has 0 bridgehead atoms. The molecule has 5 rings (SSSR count). The normalized spacial score (nSPS) is 15.2. The minimum Gasteiger partial charge on any atom is -0.293 e. The summed E-state index contributed by atoms with van der Waals surface area (Å²) >= 11 is 0. The van der Waals surface area contributed by atoms with Crippen LogP contribution in [0, 0.1) is 11.6 Å². The quantitative estimate of drug-likeness (QED) is 0.450. The van der Waals surface area contributed by atoms with Crippen LogP contribution >= 0.6 is 0 Å². The first kappa shape index (κ1) is 21.4. The molecule has 0 aliphatic carbocycles. The molecule has 4 aromatic rings. The Labute approximate surface area is 191 Å². The monoisotopic (exact) mass is 446 g/mol. The Bertz CT molecular complexity index is 1120. The van der Waals surface area contributed by atoms with Crippen LogP contribution in [0.25, 0.3) is 5.69 Å². The number of rotatable bonds is 6. The number of nitrogens with zero attached hydrogens (tertiary/aromatic N) is 6. The molecule has 0 N–H and O–H groups in total. The van der Waals surface area contributed by atoms with E-state index in [0.29, 0.717) is 6.54 Å². The van der Waals surface area contributed by atoms with E-state index >= 15 is 0 Å². The van der Waals surface area contributed by atoms with E-state index in [2.05, 4.69) is 25.3 Å². The van der Waals surface area contributed by atoms with Crippen LogP contribution in [0.3, 0.4) is 0 Å². The molecule has 1 aliphatic rings. The second-order valence-corrected chi connectivity index (χ2v) is 8.16. The van der Waals surface area contributed by atoms with Crippen molar-refractivity contribution < 1.29 is 8.78 Å². The number of halogens is 2. The molecule has 0 saturated carbocycles. The van der Waals surface area contributed by atoms with Gasteiger partial charge in [-0.25, -0.2) is 8.78 Å². The van der Waals surface area contributed by atoms with Crippen molar-refractivity contribution in [1.29, 1.82) is 0 Å². The average molecular weight is 447 g/mol. The van der Waals surface area contributed by atoms with Crippen molar-refractivity contribution in [2.75, 3.05) is 26.2 Å². The largest absolute Gasteiger partial charge is 0.293 e. The van der Waals surface area contributed by atoms with Crippen LogP contribution in [0.15, 0.2) is 78.9 Å². The van der Waals surface area contributed by atoms with Gasteiger partial charge in [0.1, 0.15) is 11.6 Å². The molecule has 168 valence electrons. The fourth-order valence-electron chi connectivity index (χ4n) is 4.36. The van der Waals surface area contributed by atoms with Gasteiger partial charge in [0.25, 0.3) is 0 Å². The van der Waals surface area contributed by atoms with Crippen LogP contribution in [0.5, 0.6) is 0 Å². The number of aromatic nitrogens is 4. The van der Waals surface area contributed by atoms with Gasteiger partial charge in [-0.2, -0.15) is 4.68 Å². The fourth-order valence-corrected chi connectivity index (χ4v) is 4.36. The molecular weight excluding hydrogens is 422 g/mol. The summed E-state index contributed by atoms with van der Waals surface area (Å²) in [7, 11) is 0. The molecule has 1 aliphatic heterocycles. The highest BCUT2D eigenvalue weighted by Gasteiger charge is 2.27. The summed E-state index contributed by atoms with van der Waals surface area (Å²) in [4.78, 5) is 4.69. The summed E-state index contributed by atoms with van der Waals surface area (Å²) < 4.78 is 28.9. The lowest BCUT2D eigenvalue weighted by Crippen LogP contribution is -2.47. The maximum Gasteiger partial charge on any atom is 0.170 e. The second-order valence-electron chi connectivity index (χ2n) is 8.16. The molecule has 2 heterocycles. The van der Waals surface area contributed by atoms with E-state index in [-0.39, 0.29) is 17.7 Å². The predicted molar refractivity (Wildman–Crippen MR) is 121 cm³/mol. The Hall–Kier alpha value is -3.49. The molecule has 3 aromatic carbocycles. The number of hydrogen-bond acceptors (Lipinski definition) is 5. The molecule has 1 fully saturated rings. The Morgan fingerprint density at radius 1 is 0.727 bits per heavy atom. The van der Waals surface area contributed by atoms with Crippen molar-refractivity contribution in [2.45, 2.75) is 12.6 Å². The van der Waals surface area contributed by atoms with Crippen molar-refractivity contribution in [2.24, 2.45) is 0 Å². The summed E-state index contributed by atoms with van der Waals surface area (Å²) in [6, 6.07) is 22.9. The zero-order chi connectivity index (χ0) is 22.6. The third-order valence-corrected chi connectivity index (χ3v) is 6.04. The molecular formula is C25H24F2N6. The van der Waals surface area contributed by atoms with E-state index < -0.39 is 0 Å². The maximum atomic E-state index is 13.5. The zero-order valence-electron chi connectivity index (χ0n) is 18.1. The van der Waals surface area contributed by atoms with Crippen LogP contribution in [-0.4, -0.2) is 56.2 Å². The Kier molecular flexibility index (Phi) is 6.19. The van der Waals surface area contributed by atoms with Gasteiger partial charge in [-0.1, -0.05) is 42.5 Å². The highest BCUT2D eigenvalue weighted by molar-refractivity contribution is 5.33. The highest BCUT2D eigenvalue weighted by atomic mass is 19.1. The van der Waals surface area contributed by atoms with Gasteiger partial charge in [0, 0.05) is 26.2 Å². The molecule has 8 heteroatoms. The van der Waals surface area contributed by atoms with Crippen molar-refractivity contribution in [1.82, 2.24) is 30.0 Å². The molecule has 1 aromatic heterocycles. The summed E-state index contributed by atoms with van der Waals surface area (Å²) in [6.07, 6.45) is 0. The van der Waals surface area contributed by atoms with Crippen molar-refractivity contribution in [3.05, 3.63) is 107 Å². The number of hydrogen-bond donors (Lipinski definition) is 0. The molecule has 1 saturated heterocycles. The molecule has 0 amide bonds. The van der Waals surface area contributed by atoms with Crippen molar-refractivity contribution in [3.63, 3.8) is 0 Å². The van der Waals surface area contributed by atoms with Gasteiger partial charge >= 0.3 is 0 Å². The highest BCUT2D eigenvalue weighted by Crippen LogP contribution is 2.30. The van der Waals surface area contributed by atoms with Gasteiger partial charge in [-0.3, -0.25) is 9.80 Å².